The largest absolute Gasteiger partial charge is 0.290 e. The van der Waals surface area contributed by atoms with E-state index in [0.29, 0.717) is 0 Å². The third-order valence-electron chi connectivity index (χ3n) is 5.94. The van der Waals surface area contributed by atoms with Crippen LogP contribution < -0.4 is 0 Å². The molecule has 0 saturated heterocycles. The first-order chi connectivity index (χ1) is 12.7. The van der Waals surface area contributed by atoms with Gasteiger partial charge in [0.15, 0.2) is 0 Å². The highest BCUT2D eigenvalue weighted by Gasteiger charge is 2.49. The molecule has 0 spiro atoms. The molecule has 122 valence electrons. The molecule has 0 radical (unpaired) electrons. The monoisotopic (exact) mass is 334 g/mol. The number of benzene rings is 4. The quantitative estimate of drug-likeness (QED) is 0.436. The Morgan fingerprint density at radius 2 is 1.12 bits per heavy atom. The van der Waals surface area contributed by atoms with Gasteiger partial charge in [0.25, 0.3) is 0 Å². The van der Waals surface area contributed by atoms with Gasteiger partial charge in [-0.25, -0.2) is 0 Å². The van der Waals surface area contributed by atoms with E-state index < -0.39 is 11.8 Å². The molecule has 3 aliphatic carbocycles. The van der Waals surface area contributed by atoms with Crippen molar-refractivity contribution in [2.75, 3.05) is 0 Å². The van der Waals surface area contributed by atoms with Crippen molar-refractivity contribution < 1.29 is 9.59 Å². The van der Waals surface area contributed by atoms with Gasteiger partial charge in [-0.1, -0.05) is 60.7 Å². The number of fused-ring (bicyclic) bond motifs is 3. The first kappa shape index (κ1) is 14.0. The minimum atomic E-state index is -0.479. The Labute approximate surface area is 150 Å². The normalized spacial score (nSPS) is 20.5. The van der Waals surface area contributed by atoms with Gasteiger partial charge in [0.05, 0.1) is 11.8 Å². The highest BCUT2D eigenvalue weighted by molar-refractivity contribution is 6.45. The van der Waals surface area contributed by atoms with E-state index in [9.17, 15) is 9.59 Å². The summed E-state index contributed by atoms with van der Waals surface area (Å²) in [4.78, 5) is 25.8. The number of carbonyl (C=O) groups excluding carboxylic acids is 2. The summed E-state index contributed by atoms with van der Waals surface area (Å²) in [5, 5.41) is 4.42. The van der Waals surface area contributed by atoms with Crippen LogP contribution in [0.15, 0.2) is 72.8 Å². The van der Waals surface area contributed by atoms with Crippen molar-refractivity contribution in [2.45, 2.75) is 11.8 Å². The van der Waals surface area contributed by atoms with Crippen molar-refractivity contribution in [1.82, 2.24) is 0 Å². The second-order valence-corrected chi connectivity index (χ2v) is 7.21. The van der Waals surface area contributed by atoms with Gasteiger partial charge in [0, 0.05) is 0 Å². The second kappa shape index (κ2) is 4.67. The summed E-state index contributed by atoms with van der Waals surface area (Å²) in [6.45, 7) is 0. The summed E-state index contributed by atoms with van der Waals surface area (Å²) in [6.07, 6.45) is 0. The average Bonchev–Trinajstić information content (AvgIpc) is 2.68. The maximum absolute atomic E-state index is 12.9. The summed E-state index contributed by atoms with van der Waals surface area (Å²) in [5.41, 5.74) is 4.03. The summed E-state index contributed by atoms with van der Waals surface area (Å²) in [7, 11) is 0. The van der Waals surface area contributed by atoms with Crippen LogP contribution in [0, 0.1) is 0 Å². The van der Waals surface area contributed by atoms with Crippen LogP contribution in [0.25, 0.3) is 21.5 Å². The van der Waals surface area contributed by atoms with Crippen LogP contribution >= 0.6 is 0 Å². The maximum Gasteiger partial charge on any atom is 0.211 e. The molecule has 2 nitrogen and oxygen atoms in total. The average molecular weight is 334 g/mol. The number of ketones is 2. The van der Waals surface area contributed by atoms with E-state index in [-0.39, 0.29) is 11.6 Å². The number of rotatable bonds is 0. The van der Waals surface area contributed by atoms with Crippen molar-refractivity contribution in [3.05, 3.63) is 95.1 Å². The minimum absolute atomic E-state index is 0.262. The summed E-state index contributed by atoms with van der Waals surface area (Å²) in [6, 6.07) is 24.6. The number of Topliss-reactive ketones (excluding diaryl/α,β-unsaturated/α-hetero) is 2. The van der Waals surface area contributed by atoms with Crippen molar-refractivity contribution in [1.29, 1.82) is 0 Å². The SMILES string of the molecule is O=C1C(=O)C2c3cc4ccccc4cc3C1c1ccc3ccccc3c12. The fourth-order valence-corrected chi connectivity index (χ4v) is 4.82. The summed E-state index contributed by atoms with van der Waals surface area (Å²) >= 11 is 0. The molecule has 4 aromatic rings. The van der Waals surface area contributed by atoms with Crippen LogP contribution in [0.5, 0.6) is 0 Å². The molecule has 2 bridgehead atoms. The molecule has 0 saturated carbocycles. The lowest BCUT2D eigenvalue weighted by atomic mass is 9.61. The fraction of sp³-hybridized carbons (Fsp3) is 0.0833. The standard InChI is InChI=1S/C24H14O2/c25-23-21-17-10-9-13-5-3-4-8-16(13)20(17)22(24(23)26)19-12-15-7-2-1-6-14(15)11-18(19)21/h1-12,21-22H. The third-order valence-corrected chi connectivity index (χ3v) is 5.94. The zero-order chi connectivity index (χ0) is 17.4. The number of hydrogen-bond acceptors (Lipinski definition) is 2. The predicted molar refractivity (Wildman–Crippen MR) is 102 cm³/mol. The van der Waals surface area contributed by atoms with Gasteiger partial charge in [-0.2, -0.15) is 0 Å². The molecule has 2 heteroatoms. The van der Waals surface area contributed by atoms with E-state index >= 15 is 0 Å². The Morgan fingerprint density at radius 3 is 1.85 bits per heavy atom. The van der Waals surface area contributed by atoms with Gasteiger partial charge >= 0.3 is 0 Å². The van der Waals surface area contributed by atoms with E-state index in [1.54, 1.807) is 0 Å². The van der Waals surface area contributed by atoms with Crippen LogP contribution in [0.4, 0.5) is 0 Å². The Kier molecular flexibility index (Phi) is 2.51. The van der Waals surface area contributed by atoms with Gasteiger partial charge < -0.3 is 0 Å². The summed E-state index contributed by atoms with van der Waals surface area (Å²) < 4.78 is 0. The fourth-order valence-electron chi connectivity index (χ4n) is 4.82. The van der Waals surface area contributed by atoms with Crippen LogP contribution in [0.1, 0.15) is 34.1 Å². The summed E-state index contributed by atoms with van der Waals surface area (Å²) in [5.74, 6) is -1.47. The van der Waals surface area contributed by atoms with Crippen molar-refractivity contribution in [3.8, 4) is 0 Å². The molecule has 3 aliphatic rings. The third kappa shape index (κ3) is 1.57. The molecule has 0 aliphatic heterocycles. The molecule has 2 atom stereocenters. The molecular formula is C24H14O2. The predicted octanol–water partition coefficient (Wildman–Crippen LogP) is 4.72. The molecular weight excluding hydrogens is 320 g/mol. The zero-order valence-corrected chi connectivity index (χ0v) is 13.9. The highest BCUT2D eigenvalue weighted by atomic mass is 16.2. The van der Waals surface area contributed by atoms with Crippen LogP contribution in [-0.4, -0.2) is 11.6 Å². The van der Waals surface area contributed by atoms with Crippen molar-refractivity contribution in [3.63, 3.8) is 0 Å². The smallest absolute Gasteiger partial charge is 0.211 e. The highest BCUT2D eigenvalue weighted by Crippen LogP contribution is 2.52. The van der Waals surface area contributed by atoms with E-state index in [2.05, 4.69) is 42.5 Å². The molecule has 4 aromatic carbocycles. The van der Waals surface area contributed by atoms with Crippen molar-refractivity contribution >= 4 is 33.1 Å². The first-order valence-corrected chi connectivity index (χ1v) is 8.86. The Bertz CT molecular complexity index is 1270. The van der Waals surface area contributed by atoms with E-state index in [0.717, 1.165) is 43.8 Å². The van der Waals surface area contributed by atoms with Crippen LogP contribution in [0.2, 0.25) is 0 Å². The Balaban J connectivity index is 1.77. The first-order valence-electron chi connectivity index (χ1n) is 8.86. The molecule has 7 rings (SSSR count). The lowest BCUT2D eigenvalue weighted by Crippen LogP contribution is -2.40. The molecule has 0 amide bonds. The van der Waals surface area contributed by atoms with Gasteiger partial charge in [-0.3, -0.25) is 9.59 Å². The minimum Gasteiger partial charge on any atom is -0.290 e. The van der Waals surface area contributed by atoms with E-state index in [1.165, 1.54) is 0 Å². The number of carbonyl (C=O) groups is 2. The van der Waals surface area contributed by atoms with Gasteiger partial charge in [0.2, 0.25) is 11.6 Å². The van der Waals surface area contributed by atoms with Gasteiger partial charge in [-0.15, -0.1) is 0 Å². The molecule has 2 unspecified atom stereocenters. The van der Waals surface area contributed by atoms with E-state index in [4.69, 9.17) is 0 Å². The Hall–Kier alpha value is -3.26. The van der Waals surface area contributed by atoms with Crippen molar-refractivity contribution in [2.24, 2.45) is 0 Å². The second-order valence-electron chi connectivity index (χ2n) is 7.21. The molecule has 0 N–H and O–H groups in total. The topological polar surface area (TPSA) is 34.1 Å². The lowest BCUT2D eigenvalue weighted by Gasteiger charge is -2.39. The molecule has 0 fully saturated rings. The zero-order valence-electron chi connectivity index (χ0n) is 13.9. The Morgan fingerprint density at radius 1 is 0.538 bits per heavy atom. The maximum atomic E-state index is 12.9. The molecule has 0 aromatic heterocycles. The van der Waals surface area contributed by atoms with E-state index in [1.807, 2.05) is 30.3 Å². The lowest BCUT2D eigenvalue weighted by molar-refractivity contribution is -0.138. The van der Waals surface area contributed by atoms with Gasteiger partial charge in [0.1, 0.15) is 0 Å². The van der Waals surface area contributed by atoms with Crippen LogP contribution in [-0.2, 0) is 9.59 Å². The number of hydrogen-bond donors (Lipinski definition) is 0. The molecule has 0 heterocycles. The van der Waals surface area contributed by atoms with Crippen LogP contribution in [0.3, 0.4) is 0 Å². The van der Waals surface area contributed by atoms with Gasteiger partial charge in [-0.05, 0) is 55.9 Å². The molecule has 26 heavy (non-hydrogen) atoms.